The Balaban J connectivity index is 1.58. The van der Waals surface area contributed by atoms with Crippen molar-refractivity contribution in [1.29, 1.82) is 0 Å². The van der Waals surface area contributed by atoms with Gasteiger partial charge in [-0.25, -0.2) is 4.79 Å². The van der Waals surface area contributed by atoms with Crippen LogP contribution in [0.25, 0.3) is 0 Å². The minimum absolute atomic E-state index is 0.0126. The largest absolute Gasteiger partial charge is 0.334 e. The van der Waals surface area contributed by atoms with Gasteiger partial charge in [-0.3, -0.25) is 0 Å². The maximum absolute atomic E-state index is 12.4. The summed E-state index contributed by atoms with van der Waals surface area (Å²) in [7, 11) is 0. The first-order valence-electron chi connectivity index (χ1n) is 7.02. The monoisotopic (exact) mass is 320 g/mol. The van der Waals surface area contributed by atoms with Crippen LogP contribution in [0.2, 0.25) is 5.02 Å². The molecule has 0 unspecified atom stereocenters. The maximum atomic E-state index is 12.4. The molecule has 1 aliphatic carbocycles. The highest BCUT2D eigenvalue weighted by atomic mass is 35.5. The van der Waals surface area contributed by atoms with E-state index in [1.807, 2.05) is 34.5 Å². The molecule has 5 heteroatoms. The van der Waals surface area contributed by atoms with Crippen LogP contribution in [-0.2, 0) is 13.1 Å². The van der Waals surface area contributed by atoms with Crippen molar-refractivity contribution in [2.24, 2.45) is 0 Å². The van der Waals surface area contributed by atoms with Gasteiger partial charge in [0, 0.05) is 24.2 Å². The van der Waals surface area contributed by atoms with Crippen molar-refractivity contribution < 1.29 is 4.79 Å². The summed E-state index contributed by atoms with van der Waals surface area (Å²) in [5.74, 6) is 0. The highest BCUT2D eigenvalue weighted by Crippen LogP contribution is 2.28. The van der Waals surface area contributed by atoms with E-state index >= 15 is 0 Å². The van der Waals surface area contributed by atoms with Crippen LogP contribution >= 0.6 is 22.9 Å². The van der Waals surface area contributed by atoms with Gasteiger partial charge in [-0.2, -0.15) is 11.3 Å². The first kappa shape index (κ1) is 14.4. The molecule has 0 radical (unpaired) electrons. The van der Waals surface area contributed by atoms with E-state index in [2.05, 4.69) is 16.8 Å². The van der Waals surface area contributed by atoms with Crippen LogP contribution in [0.3, 0.4) is 0 Å². The fraction of sp³-hybridized carbons (Fsp3) is 0.312. The van der Waals surface area contributed by atoms with Crippen LogP contribution < -0.4 is 5.32 Å². The average molecular weight is 321 g/mol. The molecule has 1 N–H and O–H groups in total. The highest BCUT2D eigenvalue weighted by molar-refractivity contribution is 7.07. The second kappa shape index (κ2) is 6.50. The topological polar surface area (TPSA) is 32.3 Å². The molecule has 1 aromatic carbocycles. The lowest BCUT2D eigenvalue weighted by Gasteiger charge is -2.22. The van der Waals surface area contributed by atoms with Gasteiger partial charge in [-0.15, -0.1) is 0 Å². The van der Waals surface area contributed by atoms with Gasteiger partial charge in [0.05, 0.1) is 0 Å². The summed E-state index contributed by atoms with van der Waals surface area (Å²) in [5, 5.41) is 7.86. The van der Waals surface area contributed by atoms with E-state index in [0.717, 1.165) is 18.4 Å². The van der Waals surface area contributed by atoms with Gasteiger partial charge in [0.2, 0.25) is 0 Å². The van der Waals surface area contributed by atoms with Gasteiger partial charge in [0.15, 0.2) is 0 Å². The van der Waals surface area contributed by atoms with E-state index in [1.165, 1.54) is 5.56 Å². The number of hydrogen-bond donors (Lipinski definition) is 1. The summed E-state index contributed by atoms with van der Waals surface area (Å²) in [6, 6.07) is 10.0. The SMILES string of the molecule is O=C(NCc1ccc(Cl)cc1)N(Cc1ccsc1)C1CC1. The Morgan fingerprint density at radius 3 is 2.62 bits per heavy atom. The van der Waals surface area contributed by atoms with Crippen molar-refractivity contribution in [3.8, 4) is 0 Å². The number of carbonyl (C=O) groups is 1. The first-order valence-corrected chi connectivity index (χ1v) is 8.34. The summed E-state index contributed by atoms with van der Waals surface area (Å²) in [5.41, 5.74) is 2.26. The average Bonchev–Trinajstić information content (AvgIpc) is 3.20. The number of thiophene rings is 1. The Morgan fingerprint density at radius 2 is 2.00 bits per heavy atom. The Bertz CT molecular complexity index is 593. The van der Waals surface area contributed by atoms with E-state index in [0.29, 0.717) is 24.2 Å². The van der Waals surface area contributed by atoms with Gasteiger partial charge >= 0.3 is 6.03 Å². The molecule has 1 aromatic heterocycles. The summed E-state index contributed by atoms with van der Waals surface area (Å²) >= 11 is 7.53. The predicted molar refractivity (Wildman–Crippen MR) is 86.6 cm³/mol. The molecule has 3 nitrogen and oxygen atoms in total. The number of amides is 2. The molecule has 21 heavy (non-hydrogen) atoms. The number of rotatable bonds is 5. The minimum atomic E-state index is 0.0126. The van der Waals surface area contributed by atoms with Crippen LogP contribution in [0.4, 0.5) is 4.79 Å². The number of nitrogens with one attached hydrogen (secondary N) is 1. The van der Waals surface area contributed by atoms with Gasteiger partial charge in [0.25, 0.3) is 0 Å². The molecule has 3 rings (SSSR count). The Kier molecular flexibility index (Phi) is 4.46. The third kappa shape index (κ3) is 3.99. The van der Waals surface area contributed by atoms with E-state index in [1.54, 1.807) is 11.3 Å². The molecular formula is C16H17ClN2OS. The summed E-state index contributed by atoms with van der Waals surface area (Å²) in [4.78, 5) is 14.3. The first-order chi connectivity index (χ1) is 10.2. The molecule has 0 saturated heterocycles. The minimum Gasteiger partial charge on any atom is -0.334 e. The number of carbonyl (C=O) groups excluding carboxylic acids is 1. The molecule has 110 valence electrons. The van der Waals surface area contributed by atoms with Crippen LogP contribution in [0, 0.1) is 0 Å². The van der Waals surface area contributed by atoms with Gasteiger partial charge < -0.3 is 10.2 Å². The zero-order valence-corrected chi connectivity index (χ0v) is 13.2. The van der Waals surface area contributed by atoms with E-state index in [4.69, 9.17) is 11.6 Å². The van der Waals surface area contributed by atoms with Crippen LogP contribution in [0.15, 0.2) is 41.1 Å². The number of benzene rings is 1. The molecule has 1 aliphatic rings. The smallest absolute Gasteiger partial charge is 0.318 e. The second-order valence-electron chi connectivity index (χ2n) is 5.28. The maximum Gasteiger partial charge on any atom is 0.318 e. The Hall–Kier alpha value is -1.52. The van der Waals surface area contributed by atoms with Crippen molar-refractivity contribution >= 4 is 29.0 Å². The molecule has 0 spiro atoms. The molecule has 2 amide bonds. The molecule has 0 aliphatic heterocycles. The van der Waals surface area contributed by atoms with E-state index < -0.39 is 0 Å². The number of halogens is 1. The summed E-state index contributed by atoms with van der Waals surface area (Å²) in [6.45, 7) is 1.23. The predicted octanol–water partition coefficient (Wildman–Crippen LogP) is 4.28. The van der Waals surface area contributed by atoms with Crippen LogP contribution in [0.5, 0.6) is 0 Å². The second-order valence-corrected chi connectivity index (χ2v) is 6.49. The molecule has 1 saturated carbocycles. The molecule has 2 aromatic rings. The zero-order valence-electron chi connectivity index (χ0n) is 11.6. The number of nitrogens with zero attached hydrogens (tertiary/aromatic N) is 1. The third-order valence-corrected chi connectivity index (χ3v) is 4.52. The lowest BCUT2D eigenvalue weighted by molar-refractivity contribution is 0.191. The quantitative estimate of drug-likeness (QED) is 0.876. The van der Waals surface area contributed by atoms with Crippen LogP contribution in [0.1, 0.15) is 24.0 Å². The normalized spacial score (nSPS) is 14.0. The number of hydrogen-bond acceptors (Lipinski definition) is 2. The molecular weight excluding hydrogens is 304 g/mol. The fourth-order valence-electron chi connectivity index (χ4n) is 2.21. The third-order valence-electron chi connectivity index (χ3n) is 3.54. The summed E-state index contributed by atoms with van der Waals surface area (Å²) in [6.07, 6.45) is 2.22. The molecule has 0 bridgehead atoms. The summed E-state index contributed by atoms with van der Waals surface area (Å²) < 4.78 is 0. The van der Waals surface area contributed by atoms with Gasteiger partial charge in [0.1, 0.15) is 0 Å². The number of urea groups is 1. The Morgan fingerprint density at radius 1 is 1.24 bits per heavy atom. The molecule has 1 heterocycles. The van der Waals surface area contributed by atoms with Gasteiger partial charge in [-0.1, -0.05) is 23.7 Å². The van der Waals surface area contributed by atoms with E-state index in [-0.39, 0.29) is 6.03 Å². The van der Waals surface area contributed by atoms with Crippen molar-refractivity contribution in [2.45, 2.75) is 32.0 Å². The van der Waals surface area contributed by atoms with Crippen molar-refractivity contribution in [3.05, 3.63) is 57.2 Å². The van der Waals surface area contributed by atoms with E-state index in [9.17, 15) is 4.79 Å². The zero-order chi connectivity index (χ0) is 14.7. The van der Waals surface area contributed by atoms with Crippen molar-refractivity contribution in [3.63, 3.8) is 0 Å². The van der Waals surface area contributed by atoms with Crippen molar-refractivity contribution in [2.75, 3.05) is 0 Å². The van der Waals surface area contributed by atoms with Gasteiger partial charge in [-0.05, 0) is 52.9 Å². The lowest BCUT2D eigenvalue weighted by Crippen LogP contribution is -2.40. The molecule has 0 atom stereocenters. The molecule has 1 fully saturated rings. The standard InChI is InChI=1S/C16H17ClN2OS/c17-14-3-1-12(2-4-14)9-18-16(20)19(15-5-6-15)10-13-7-8-21-11-13/h1-4,7-8,11,15H,5-6,9-10H2,(H,18,20). The fourth-order valence-corrected chi connectivity index (χ4v) is 3.00. The Labute approximate surface area is 133 Å². The van der Waals surface area contributed by atoms with Crippen molar-refractivity contribution in [1.82, 2.24) is 10.2 Å². The lowest BCUT2D eigenvalue weighted by atomic mass is 10.2. The van der Waals surface area contributed by atoms with Crippen LogP contribution in [-0.4, -0.2) is 17.0 Å². The highest BCUT2D eigenvalue weighted by Gasteiger charge is 2.32.